The van der Waals surface area contributed by atoms with Crippen molar-refractivity contribution in [2.24, 2.45) is 5.92 Å². The zero-order valence-corrected chi connectivity index (χ0v) is 11.8. The lowest BCUT2D eigenvalue weighted by molar-refractivity contribution is 0.303. The van der Waals surface area contributed by atoms with Crippen LogP contribution in [0.5, 0.6) is 5.75 Å². The van der Waals surface area contributed by atoms with Crippen LogP contribution in [0.15, 0.2) is 18.2 Å². The Labute approximate surface area is 114 Å². The van der Waals surface area contributed by atoms with Crippen LogP contribution in [0.2, 0.25) is 0 Å². The predicted octanol–water partition coefficient (Wildman–Crippen LogP) is 2.86. The molecule has 0 spiro atoms. The molecule has 0 fully saturated rings. The summed E-state index contributed by atoms with van der Waals surface area (Å²) in [7, 11) is 3.44. The van der Waals surface area contributed by atoms with E-state index in [9.17, 15) is 4.39 Å². The summed E-state index contributed by atoms with van der Waals surface area (Å²) in [6, 6.07) is 7.31. The summed E-state index contributed by atoms with van der Waals surface area (Å²) < 4.78 is 18.4. The summed E-state index contributed by atoms with van der Waals surface area (Å²) in [5.74, 6) is 0.0105. The van der Waals surface area contributed by atoms with Gasteiger partial charge in [0.2, 0.25) is 0 Å². The van der Waals surface area contributed by atoms with Crippen LogP contribution in [0.3, 0.4) is 0 Å². The van der Waals surface area contributed by atoms with Gasteiger partial charge in [-0.25, -0.2) is 4.39 Å². The van der Waals surface area contributed by atoms with Crippen molar-refractivity contribution in [3.8, 4) is 11.8 Å². The fourth-order valence-electron chi connectivity index (χ4n) is 1.91. The van der Waals surface area contributed by atoms with E-state index in [0.29, 0.717) is 0 Å². The Bertz CT molecular complexity index is 442. The van der Waals surface area contributed by atoms with Gasteiger partial charge in [0.15, 0.2) is 11.6 Å². The first-order chi connectivity index (χ1) is 9.10. The highest BCUT2D eigenvalue weighted by molar-refractivity contribution is 5.29. The van der Waals surface area contributed by atoms with E-state index in [2.05, 4.69) is 11.0 Å². The minimum atomic E-state index is -0.328. The summed E-state index contributed by atoms with van der Waals surface area (Å²) in [6.07, 6.45) is 1.62. The molecular weight excluding hydrogens is 243 g/mol. The number of nitriles is 1. The van der Waals surface area contributed by atoms with Crippen molar-refractivity contribution >= 4 is 0 Å². The average molecular weight is 264 g/mol. The molecule has 4 heteroatoms. The lowest BCUT2D eigenvalue weighted by Crippen LogP contribution is -2.27. The van der Waals surface area contributed by atoms with Crippen molar-refractivity contribution in [1.82, 2.24) is 4.90 Å². The Kier molecular flexibility index (Phi) is 6.31. The smallest absolute Gasteiger partial charge is 0.165 e. The van der Waals surface area contributed by atoms with Crippen LogP contribution in [-0.2, 0) is 6.42 Å². The molecular formula is C15H21FN2O. The SMILES string of the molecule is CCC(C#N)CN(C)CCc1ccc(OC)c(F)c1. The molecule has 1 atom stereocenters. The number of halogens is 1. The Morgan fingerprint density at radius 3 is 2.74 bits per heavy atom. The lowest BCUT2D eigenvalue weighted by Gasteiger charge is -2.19. The summed E-state index contributed by atoms with van der Waals surface area (Å²) in [5, 5.41) is 8.91. The van der Waals surface area contributed by atoms with Crippen LogP contribution in [0.4, 0.5) is 4.39 Å². The summed E-state index contributed by atoms with van der Waals surface area (Å²) in [4.78, 5) is 2.11. The van der Waals surface area contributed by atoms with E-state index < -0.39 is 0 Å². The molecule has 104 valence electrons. The average Bonchev–Trinajstić information content (AvgIpc) is 2.42. The first-order valence-electron chi connectivity index (χ1n) is 6.51. The molecule has 0 N–H and O–H groups in total. The van der Waals surface area contributed by atoms with Crippen molar-refractivity contribution in [1.29, 1.82) is 5.26 Å². The van der Waals surface area contributed by atoms with Gasteiger partial charge in [0.05, 0.1) is 19.1 Å². The number of likely N-dealkylation sites (N-methyl/N-ethyl adjacent to an activating group) is 1. The van der Waals surface area contributed by atoms with E-state index in [0.717, 1.165) is 31.5 Å². The Hall–Kier alpha value is -1.60. The third kappa shape index (κ3) is 4.88. The maximum absolute atomic E-state index is 13.5. The molecule has 1 aromatic carbocycles. The molecule has 0 saturated heterocycles. The normalized spacial score (nSPS) is 12.2. The fourth-order valence-corrected chi connectivity index (χ4v) is 1.91. The maximum Gasteiger partial charge on any atom is 0.165 e. The molecule has 1 rings (SSSR count). The van der Waals surface area contributed by atoms with Crippen molar-refractivity contribution in [3.63, 3.8) is 0 Å². The van der Waals surface area contributed by atoms with Crippen LogP contribution in [-0.4, -0.2) is 32.1 Å². The molecule has 0 aromatic heterocycles. The van der Waals surface area contributed by atoms with E-state index in [1.54, 1.807) is 6.07 Å². The lowest BCUT2D eigenvalue weighted by atomic mass is 10.1. The van der Waals surface area contributed by atoms with Crippen LogP contribution in [0.1, 0.15) is 18.9 Å². The van der Waals surface area contributed by atoms with Crippen LogP contribution in [0, 0.1) is 23.1 Å². The van der Waals surface area contributed by atoms with E-state index in [-0.39, 0.29) is 17.5 Å². The van der Waals surface area contributed by atoms with Gasteiger partial charge >= 0.3 is 0 Å². The first kappa shape index (κ1) is 15.5. The molecule has 0 amide bonds. The van der Waals surface area contributed by atoms with Crippen molar-refractivity contribution in [2.75, 3.05) is 27.2 Å². The van der Waals surface area contributed by atoms with Gasteiger partial charge in [-0.2, -0.15) is 5.26 Å². The topological polar surface area (TPSA) is 36.3 Å². The molecule has 0 saturated carbocycles. The Balaban J connectivity index is 2.48. The molecule has 1 aromatic rings. The van der Waals surface area contributed by atoms with Gasteiger partial charge in [0.25, 0.3) is 0 Å². The fraction of sp³-hybridized carbons (Fsp3) is 0.533. The van der Waals surface area contributed by atoms with E-state index >= 15 is 0 Å². The molecule has 19 heavy (non-hydrogen) atoms. The van der Waals surface area contributed by atoms with Gasteiger partial charge in [0, 0.05) is 13.1 Å². The molecule has 0 radical (unpaired) electrons. The highest BCUT2D eigenvalue weighted by Gasteiger charge is 2.09. The number of methoxy groups -OCH3 is 1. The van der Waals surface area contributed by atoms with Gasteiger partial charge in [-0.15, -0.1) is 0 Å². The highest BCUT2D eigenvalue weighted by Crippen LogP contribution is 2.18. The molecule has 0 bridgehead atoms. The number of rotatable bonds is 7. The van der Waals surface area contributed by atoms with Gasteiger partial charge in [-0.1, -0.05) is 13.0 Å². The second-order valence-corrected chi connectivity index (χ2v) is 4.72. The molecule has 0 aliphatic rings. The standard InChI is InChI=1S/C15H21FN2O/c1-4-12(10-17)11-18(2)8-7-13-5-6-15(19-3)14(16)9-13/h5-6,9,12H,4,7-8,11H2,1-3H3. The Morgan fingerprint density at radius 1 is 1.47 bits per heavy atom. The number of hydrogen-bond acceptors (Lipinski definition) is 3. The summed E-state index contributed by atoms with van der Waals surface area (Å²) >= 11 is 0. The van der Waals surface area contributed by atoms with Gasteiger partial charge in [-0.3, -0.25) is 0 Å². The molecule has 0 aliphatic carbocycles. The third-order valence-corrected chi connectivity index (χ3v) is 3.21. The van der Waals surface area contributed by atoms with Crippen LogP contribution < -0.4 is 4.74 Å². The Morgan fingerprint density at radius 2 is 2.21 bits per heavy atom. The first-order valence-corrected chi connectivity index (χ1v) is 6.51. The minimum absolute atomic E-state index is 0.0672. The number of ether oxygens (including phenoxy) is 1. The van der Waals surface area contributed by atoms with E-state index in [1.165, 1.54) is 13.2 Å². The number of hydrogen-bond donors (Lipinski definition) is 0. The summed E-state index contributed by atoms with van der Waals surface area (Å²) in [6.45, 7) is 3.58. The van der Waals surface area contributed by atoms with Gasteiger partial charge in [-0.05, 0) is 37.6 Å². The van der Waals surface area contributed by atoms with Crippen molar-refractivity contribution in [2.45, 2.75) is 19.8 Å². The number of nitrogens with zero attached hydrogens (tertiary/aromatic N) is 2. The highest BCUT2D eigenvalue weighted by atomic mass is 19.1. The maximum atomic E-state index is 13.5. The predicted molar refractivity (Wildman–Crippen MR) is 73.5 cm³/mol. The van der Waals surface area contributed by atoms with Gasteiger partial charge < -0.3 is 9.64 Å². The second kappa shape index (κ2) is 7.75. The quantitative estimate of drug-likeness (QED) is 0.759. The van der Waals surface area contributed by atoms with Crippen LogP contribution in [0.25, 0.3) is 0 Å². The molecule has 3 nitrogen and oxygen atoms in total. The van der Waals surface area contributed by atoms with Crippen molar-refractivity contribution in [3.05, 3.63) is 29.6 Å². The van der Waals surface area contributed by atoms with Gasteiger partial charge in [0.1, 0.15) is 0 Å². The second-order valence-electron chi connectivity index (χ2n) is 4.72. The number of benzene rings is 1. The molecule has 0 aliphatic heterocycles. The van der Waals surface area contributed by atoms with E-state index in [1.807, 2.05) is 20.0 Å². The van der Waals surface area contributed by atoms with E-state index in [4.69, 9.17) is 10.00 Å². The third-order valence-electron chi connectivity index (χ3n) is 3.21. The van der Waals surface area contributed by atoms with Crippen LogP contribution >= 0.6 is 0 Å². The zero-order valence-electron chi connectivity index (χ0n) is 11.8. The zero-order chi connectivity index (χ0) is 14.3. The van der Waals surface area contributed by atoms with Crippen molar-refractivity contribution < 1.29 is 9.13 Å². The summed E-state index contributed by atoms with van der Waals surface area (Å²) in [5.41, 5.74) is 0.940. The monoisotopic (exact) mass is 264 g/mol. The largest absolute Gasteiger partial charge is 0.494 e. The minimum Gasteiger partial charge on any atom is -0.494 e. The molecule has 0 heterocycles. The molecule has 1 unspecified atom stereocenters.